The van der Waals surface area contributed by atoms with Crippen molar-refractivity contribution in [3.63, 3.8) is 0 Å². The number of anilines is 2. The number of benzene rings is 1. The molecule has 2 aliphatic heterocycles. The summed E-state index contributed by atoms with van der Waals surface area (Å²) in [4.78, 5) is 22.2. The fourth-order valence-electron chi connectivity index (χ4n) is 3.94. The summed E-state index contributed by atoms with van der Waals surface area (Å²) in [6, 6.07) is 8.44. The molecule has 25 heavy (non-hydrogen) atoms. The van der Waals surface area contributed by atoms with Gasteiger partial charge < -0.3 is 19.6 Å². The quantitative estimate of drug-likeness (QED) is 0.817. The van der Waals surface area contributed by atoms with E-state index in [2.05, 4.69) is 46.0 Å². The summed E-state index contributed by atoms with van der Waals surface area (Å²) in [7, 11) is 2.17. The van der Waals surface area contributed by atoms with E-state index in [1.54, 1.807) is 0 Å². The van der Waals surface area contributed by atoms with Crippen LogP contribution in [-0.2, 0) is 4.79 Å². The van der Waals surface area contributed by atoms with Crippen molar-refractivity contribution in [3.8, 4) is 0 Å². The highest BCUT2D eigenvalue weighted by Gasteiger charge is 2.30. The second kappa shape index (κ2) is 7.34. The molecule has 5 heteroatoms. The molecule has 5 nitrogen and oxygen atoms in total. The van der Waals surface area contributed by atoms with E-state index in [1.165, 1.54) is 18.5 Å². The molecule has 0 spiro atoms. The van der Waals surface area contributed by atoms with Crippen molar-refractivity contribution in [3.05, 3.63) is 24.3 Å². The maximum Gasteiger partial charge on any atom is 0.228 e. The van der Waals surface area contributed by atoms with Crippen LogP contribution < -0.4 is 9.80 Å². The fourth-order valence-corrected chi connectivity index (χ4v) is 3.94. The molecule has 0 atom stereocenters. The van der Waals surface area contributed by atoms with E-state index < -0.39 is 0 Å². The Bertz CT molecular complexity index is 607. The van der Waals surface area contributed by atoms with Crippen molar-refractivity contribution in [2.24, 2.45) is 5.92 Å². The summed E-state index contributed by atoms with van der Waals surface area (Å²) in [5, 5.41) is 0. The van der Waals surface area contributed by atoms with Gasteiger partial charge in [-0.2, -0.15) is 0 Å². The SMILES string of the molecule is CN1CCN(CCC(=O)N2CCN(CC3CC3)c3ccccc32)CC1. The summed E-state index contributed by atoms with van der Waals surface area (Å²) in [5.41, 5.74) is 2.35. The number of carbonyl (C=O) groups is 1. The predicted molar refractivity (Wildman–Crippen MR) is 102 cm³/mol. The molecule has 1 aromatic rings. The number of likely N-dealkylation sites (N-methyl/N-ethyl adjacent to an activating group) is 1. The minimum atomic E-state index is 0.275. The van der Waals surface area contributed by atoms with Gasteiger partial charge in [-0.15, -0.1) is 0 Å². The molecule has 1 saturated heterocycles. The molecule has 1 amide bonds. The van der Waals surface area contributed by atoms with Gasteiger partial charge in [0.25, 0.3) is 0 Å². The lowest BCUT2D eigenvalue weighted by molar-refractivity contribution is -0.119. The summed E-state index contributed by atoms with van der Waals surface area (Å²) >= 11 is 0. The van der Waals surface area contributed by atoms with Crippen molar-refractivity contribution in [1.82, 2.24) is 9.80 Å². The number of hydrogen-bond donors (Lipinski definition) is 0. The molecule has 0 N–H and O–H groups in total. The van der Waals surface area contributed by atoms with E-state index in [9.17, 15) is 4.79 Å². The van der Waals surface area contributed by atoms with Crippen LogP contribution in [0.25, 0.3) is 0 Å². The van der Waals surface area contributed by atoms with Gasteiger partial charge in [0, 0.05) is 58.8 Å². The first kappa shape index (κ1) is 16.9. The van der Waals surface area contributed by atoms with Crippen molar-refractivity contribution >= 4 is 17.3 Å². The normalized spacial score (nSPS) is 22.1. The molecule has 0 aromatic heterocycles. The third-order valence-corrected chi connectivity index (χ3v) is 5.82. The van der Waals surface area contributed by atoms with Gasteiger partial charge in [-0.25, -0.2) is 0 Å². The predicted octanol–water partition coefficient (Wildman–Crippen LogP) is 1.89. The second-order valence-electron chi connectivity index (χ2n) is 7.82. The molecule has 0 unspecified atom stereocenters. The van der Waals surface area contributed by atoms with Crippen LogP contribution in [0.1, 0.15) is 19.3 Å². The van der Waals surface area contributed by atoms with Crippen molar-refractivity contribution < 1.29 is 4.79 Å². The van der Waals surface area contributed by atoms with E-state index in [-0.39, 0.29) is 5.91 Å². The number of fused-ring (bicyclic) bond motifs is 1. The van der Waals surface area contributed by atoms with E-state index in [1.807, 2.05) is 4.90 Å². The smallest absolute Gasteiger partial charge is 0.228 e. The molecule has 0 bridgehead atoms. The lowest BCUT2D eigenvalue weighted by Gasteiger charge is -2.38. The standard InChI is InChI=1S/C20H30N4O/c1-21-10-12-22(13-11-21)9-8-20(25)24-15-14-23(16-17-6-7-17)18-4-2-3-5-19(18)24/h2-5,17H,6-16H2,1H3. The molecule has 3 aliphatic rings. The Morgan fingerprint density at radius 1 is 1.00 bits per heavy atom. The average molecular weight is 342 g/mol. The number of para-hydroxylation sites is 2. The molecule has 2 heterocycles. The van der Waals surface area contributed by atoms with E-state index in [0.29, 0.717) is 6.42 Å². The molecule has 2 fully saturated rings. The topological polar surface area (TPSA) is 30.0 Å². The van der Waals surface area contributed by atoms with Crippen LogP contribution in [0.2, 0.25) is 0 Å². The molecular formula is C20H30N4O. The lowest BCUT2D eigenvalue weighted by Crippen LogP contribution is -2.47. The van der Waals surface area contributed by atoms with Crippen LogP contribution >= 0.6 is 0 Å². The van der Waals surface area contributed by atoms with Crippen LogP contribution in [0.5, 0.6) is 0 Å². The highest BCUT2D eigenvalue weighted by molar-refractivity contribution is 5.98. The zero-order valence-corrected chi connectivity index (χ0v) is 15.4. The Morgan fingerprint density at radius 2 is 1.72 bits per heavy atom. The van der Waals surface area contributed by atoms with E-state index in [0.717, 1.165) is 64.0 Å². The minimum absolute atomic E-state index is 0.275. The van der Waals surface area contributed by atoms with Crippen LogP contribution in [0.15, 0.2) is 24.3 Å². The van der Waals surface area contributed by atoms with Crippen molar-refractivity contribution in [1.29, 1.82) is 0 Å². The molecule has 4 rings (SSSR count). The van der Waals surface area contributed by atoms with Gasteiger partial charge in [-0.05, 0) is 37.9 Å². The molecule has 0 radical (unpaired) electrons. The number of nitrogens with zero attached hydrogens (tertiary/aromatic N) is 4. The Balaban J connectivity index is 1.38. The lowest BCUT2D eigenvalue weighted by atomic mass is 10.1. The largest absolute Gasteiger partial charge is 0.368 e. The van der Waals surface area contributed by atoms with Crippen LogP contribution in [0.3, 0.4) is 0 Å². The average Bonchev–Trinajstić information content (AvgIpc) is 3.45. The summed E-state index contributed by atoms with van der Waals surface area (Å²) in [5.74, 6) is 1.14. The number of piperazine rings is 1. The zero-order valence-electron chi connectivity index (χ0n) is 15.4. The Kier molecular flexibility index (Phi) is 4.95. The van der Waals surface area contributed by atoms with Gasteiger partial charge in [0.15, 0.2) is 0 Å². The maximum absolute atomic E-state index is 12.9. The molecule has 1 aliphatic carbocycles. The third-order valence-electron chi connectivity index (χ3n) is 5.82. The van der Waals surface area contributed by atoms with Crippen molar-refractivity contribution in [2.75, 3.05) is 69.2 Å². The minimum Gasteiger partial charge on any atom is -0.368 e. The van der Waals surface area contributed by atoms with Crippen LogP contribution in [0.4, 0.5) is 11.4 Å². The Hall–Kier alpha value is -1.59. The van der Waals surface area contributed by atoms with E-state index >= 15 is 0 Å². The summed E-state index contributed by atoms with van der Waals surface area (Å²) < 4.78 is 0. The highest BCUT2D eigenvalue weighted by atomic mass is 16.2. The van der Waals surface area contributed by atoms with Crippen LogP contribution in [-0.4, -0.2) is 75.1 Å². The van der Waals surface area contributed by atoms with Gasteiger partial charge in [-0.1, -0.05) is 12.1 Å². The molecular weight excluding hydrogens is 312 g/mol. The molecule has 1 aromatic carbocycles. The first-order chi connectivity index (χ1) is 12.2. The fraction of sp³-hybridized carbons (Fsp3) is 0.650. The monoisotopic (exact) mass is 342 g/mol. The van der Waals surface area contributed by atoms with Gasteiger partial charge >= 0.3 is 0 Å². The van der Waals surface area contributed by atoms with E-state index in [4.69, 9.17) is 0 Å². The first-order valence-corrected chi connectivity index (χ1v) is 9.76. The maximum atomic E-state index is 12.9. The highest BCUT2D eigenvalue weighted by Crippen LogP contribution is 2.37. The zero-order chi connectivity index (χ0) is 17.2. The summed E-state index contributed by atoms with van der Waals surface area (Å²) in [6.07, 6.45) is 3.36. The number of amides is 1. The first-order valence-electron chi connectivity index (χ1n) is 9.76. The molecule has 1 saturated carbocycles. The summed E-state index contributed by atoms with van der Waals surface area (Å²) in [6.45, 7) is 8.20. The van der Waals surface area contributed by atoms with Crippen LogP contribution in [0, 0.1) is 5.92 Å². The van der Waals surface area contributed by atoms with Gasteiger partial charge in [0.05, 0.1) is 11.4 Å². The Labute approximate surface area is 151 Å². The van der Waals surface area contributed by atoms with Crippen molar-refractivity contribution in [2.45, 2.75) is 19.3 Å². The second-order valence-corrected chi connectivity index (χ2v) is 7.82. The molecule has 136 valence electrons. The number of rotatable bonds is 5. The van der Waals surface area contributed by atoms with Gasteiger partial charge in [0.2, 0.25) is 5.91 Å². The number of carbonyl (C=O) groups excluding carboxylic acids is 1. The van der Waals surface area contributed by atoms with Gasteiger partial charge in [0.1, 0.15) is 0 Å². The third kappa shape index (κ3) is 3.98. The van der Waals surface area contributed by atoms with Gasteiger partial charge in [-0.3, -0.25) is 4.79 Å². The number of hydrogen-bond acceptors (Lipinski definition) is 4. The Morgan fingerprint density at radius 3 is 2.44 bits per heavy atom.